The van der Waals surface area contributed by atoms with Crippen molar-refractivity contribution in [1.29, 1.82) is 0 Å². The number of fused-ring (bicyclic) bond motifs is 2. The van der Waals surface area contributed by atoms with Crippen molar-refractivity contribution in [2.45, 2.75) is 79.1 Å². The molecular formula is C42H41ClN2O4S2. The predicted octanol–water partition coefficient (Wildman–Crippen LogP) is 10.1. The van der Waals surface area contributed by atoms with Gasteiger partial charge in [-0.05, 0) is 136 Å². The van der Waals surface area contributed by atoms with E-state index in [-0.39, 0.29) is 35.0 Å². The van der Waals surface area contributed by atoms with Gasteiger partial charge in [0.2, 0.25) is 0 Å². The summed E-state index contributed by atoms with van der Waals surface area (Å²) >= 11 is 9.47. The number of halogens is 1. The molecule has 0 saturated heterocycles. The summed E-state index contributed by atoms with van der Waals surface area (Å²) in [5, 5.41) is 13.8. The van der Waals surface area contributed by atoms with Gasteiger partial charge >= 0.3 is 0 Å². The third kappa shape index (κ3) is 6.58. The van der Waals surface area contributed by atoms with E-state index in [0.29, 0.717) is 28.0 Å². The SMILES string of the molecule is CC(=O)C1=C(C)NC(C)=C(C(C)=O)C1c1csc2ccc(Cl)cc12.CC(=O)C1=C(C2CC2)NC(C2CC2)=C(C(C)=O)C1c1csc2ccccc12. The number of allylic oxidation sites excluding steroid dienone is 8. The van der Waals surface area contributed by atoms with Gasteiger partial charge in [-0.25, -0.2) is 0 Å². The van der Waals surface area contributed by atoms with Crippen LogP contribution in [0, 0.1) is 11.8 Å². The number of thiophene rings is 2. The summed E-state index contributed by atoms with van der Waals surface area (Å²) in [4.78, 5) is 50.3. The van der Waals surface area contributed by atoms with Crippen LogP contribution in [0.3, 0.4) is 0 Å². The average Bonchev–Trinajstić information content (AvgIpc) is 4.01. The van der Waals surface area contributed by atoms with Gasteiger partial charge in [0.25, 0.3) is 0 Å². The van der Waals surface area contributed by atoms with Crippen molar-refractivity contribution >= 4 is 77.6 Å². The average molecular weight is 737 g/mol. The van der Waals surface area contributed by atoms with Gasteiger partial charge in [0.1, 0.15) is 0 Å². The van der Waals surface area contributed by atoms with Gasteiger partial charge in [-0.15, -0.1) is 22.7 Å². The van der Waals surface area contributed by atoms with E-state index in [1.165, 1.54) is 4.70 Å². The molecule has 9 heteroatoms. The summed E-state index contributed by atoms with van der Waals surface area (Å²) in [5.41, 5.74) is 8.79. The fourth-order valence-electron chi connectivity index (χ4n) is 7.93. The molecule has 0 amide bonds. The summed E-state index contributed by atoms with van der Waals surface area (Å²) in [7, 11) is 0. The maximum atomic E-state index is 12.8. The van der Waals surface area contributed by atoms with E-state index in [1.54, 1.807) is 50.4 Å². The highest BCUT2D eigenvalue weighted by Crippen LogP contribution is 2.52. The highest BCUT2D eigenvalue weighted by atomic mass is 35.5. The first kappa shape index (κ1) is 35.3. The molecule has 0 spiro atoms. The summed E-state index contributed by atoms with van der Waals surface area (Å²) < 4.78 is 2.30. The van der Waals surface area contributed by atoms with Gasteiger partial charge in [0.05, 0.1) is 0 Å². The van der Waals surface area contributed by atoms with E-state index in [0.717, 1.165) is 86.2 Å². The van der Waals surface area contributed by atoms with Crippen LogP contribution in [-0.2, 0) is 19.2 Å². The van der Waals surface area contributed by atoms with Gasteiger partial charge in [-0.1, -0.05) is 29.8 Å². The maximum absolute atomic E-state index is 12.8. The lowest BCUT2D eigenvalue weighted by molar-refractivity contribution is -0.116. The Kier molecular flexibility index (Phi) is 9.54. The van der Waals surface area contributed by atoms with E-state index < -0.39 is 0 Å². The topological polar surface area (TPSA) is 92.3 Å². The van der Waals surface area contributed by atoms with Crippen molar-refractivity contribution in [3.8, 4) is 0 Å². The number of carbonyl (C=O) groups is 4. The van der Waals surface area contributed by atoms with Gasteiger partial charge < -0.3 is 10.6 Å². The molecule has 0 atom stereocenters. The molecular weight excluding hydrogens is 696 g/mol. The molecule has 2 aromatic heterocycles. The normalized spacial score (nSPS) is 18.6. The van der Waals surface area contributed by atoms with E-state index in [4.69, 9.17) is 11.6 Å². The van der Waals surface area contributed by atoms with Crippen LogP contribution in [-0.4, -0.2) is 23.1 Å². The van der Waals surface area contributed by atoms with Crippen LogP contribution in [0.2, 0.25) is 5.02 Å². The minimum Gasteiger partial charge on any atom is -0.362 e. The molecule has 2 aromatic carbocycles. The Labute approximate surface area is 311 Å². The molecule has 0 radical (unpaired) electrons. The molecule has 2 N–H and O–H groups in total. The molecule has 0 unspecified atom stereocenters. The van der Waals surface area contributed by atoms with Crippen LogP contribution in [0.25, 0.3) is 20.2 Å². The Morgan fingerprint density at radius 2 is 1.06 bits per heavy atom. The quantitative estimate of drug-likeness (QED) is 0.187. The smallest absolute Gasteiger partial charge is 0.158 e. The monoisotopic (exact) mass is 736 g/mol. The fourth-order valence-corrected chi connectivity index (χ4v) is 10.1. The molecule has 2 fully saturated rings. The zero-order valence-electron chi connectivity index (χ0n) is 29.7. The van der Waals surface area contributed by atoms with Crippen LogP contribution in [0.1, 0.15) is 90.2 Å². The van der Waals surface area contributed by atoms with Crippen molar-refractivity contribution in [1.82, 2.24) is 10.6 Å². The Hall–Kier alpha value is -4.11. The summed E-state index contributed by atoms with van der Waals surface area (Å²) in [6.45, 7) is 10.2. The second-order valence-electron chi connectivity index (χ2n) is 14.1. The summed E-state index contributed by atoms with van der Waals surface area (Å²) in [6, 6.07) is 14.0. The first-order valence-corrected chi connectivity index (χ1v) is 19.6. The number of hydrogen-bond acceptors (Lipinski definition) is 8. The van der Waals surface area contributed by atoms with Crippen LogP contribution in [0.15, 0.2) is 98.3 Å². The number of ketones is 4. The van der Waals surface area contributed by atoms with Crippen LogP contribution < -0.4 is 10.6 Å². The molecule has 2 aliphatic heterocycles. The van der Waals surface area contributed by atoms with Crippen molar-refractivity contribution in [3.05, 3.63) is 114 Å². The molecule has 6 nitrogen and oxygen atoms in total. The molecule has 51 heavy (non-hydrogen) atoms. The number of nitrogens with one attached hydrogen (secondary N) is 2. The molecule has 4 heterocycles. The Morgan fingerprint density at radius 3 is 1.55 bits per heavy atom. The number of Topliss-reactive ketones (excluding diaryl/α,β-unsaturated/α-hetero) is 4. The van der Waals surface area contributed by atoms with Crippen molar-refractivity contribution < 1.29 is 19.2 Å². The first-order valence-electron chi connectivity index (χ1n) is 17.5. The van der Waals surface area contributed by atoms with E-state index in [2.05, 4.69) is 28.1 Å². The molecule has 0 bridgehead atoms. The van der Waals surface area contributed by atoms with E-state index in [9.17, 15) is 19.2 Å². The van der Waals surface area contributed by atoms with Crippen molar-refractivity contribution in [2.24, 2.45) is 11.8 Å². The molecule has 4 aliphatic rings. The zero-order chi connectivity index (χ0) is 36.3. The van der Waals surface area contributed by atoms with E-state index >= 15 is 0 Å². The second kappa shape index (κ2) is 13.8. The third-order valence-corrected chi connectivity index (χ3v) is 12.6. The standard InChI is InChI=1S/C23H23NO2S.C19H18ClNO2S/c1-12(25)19-21(17-11-27-18-6-4-3-5-16(17)18)20(13(2)26)23(15-9-10-15)24-22(19)14-7-8-14;1-9-17(11(3)22)19(18(12(4)23)10(2)21-9)15-8-24-16-6-5-13(20)7-14(15)16/h3-6,11,14-15,21,24H,7-10H2,1-2H3;5-8,19,21H,1-4H3. The number of dihydropyridines is 2. The van der Waals surface area contributed by atoms with Gasteiger partial charge in [-0.3, -0.25) is 19.2 Å². The molecule has 2 aliphatic carbocycles. The van der Waals surface area contributed by atoms with Crippen LogP contribution in [0.4, 0.5) is 0 Å². The lowest BCUT2D eigenvalue weighted by Crippen LogP contribution is -2.33. The van der Waals surface area contributed by atoms with Crippen LogP contribution >= 0.6 is 34.3 Å². The minimum absolute atomic E-state index is 0.0300. The van der Waals surface area contributed by atoms with Crippen LogP contribution in [0.5, 0.6) is 0 Å². The highest BCUT2D eigenvalue weighted by Gasteiger charge is 2.44. The van der Waals surface area contributed by atoms with Crippen molar-refractivity contribution in [3.63, 3.8) is 0 Å². The largest absolute Gasteiger partial charge is 0.362 e. The molecule has 8 rings (SSSR count). The second-order valence-corrected chi connectivity index (χ2v) is 16.4. The molecule has 262 valence electrons. The third-order valence-electron chi connectivity index (χ3n) is 10.4. The van der Waals surface area contributed by atoms with Gasteiger partial charge in [-0.2, -0.15) is 0 Å². The van der Waals surface area contributed by atoms with E-state index in [1.807, 2.05) is 49.6 Å². The zero-order valence-corrected chi connectivity index (χ0v) is 32.1. The number of benzene rings is 2. The lowest BCUT2D eigenvalue weighted by atomic mass is 9.76. The van der Waals surface area contributed by atoms with Gasteiger partial charge in [0, 0.05) is 71.3 Å². The Balaban J connectivity index is 0.000000161. The van der Waals surface area contributed by atoms with Crippen molar-refractivity contribution in [2.75, 3.05) is 0 Å². The Morgan fingerprint density at radius 1 is 0.608 bits per heavy atom. The molecule has 2 saturated carbocycles. The summed E-state index contributed by atoms with van der Waals surface area (Å²) in [5.74, 6) is 0.404. The molecule has 4 aromatic rings. The Bertz CT molecular complexity index is 2210. The number of hydrogen-bond donors (Lipinski definition) is 2. The van der Waals surface area contributed by atoms with Gasteiger partial charge in [0.15, 0.2) is 23.1 Å². The number of carbonyl (C=O) groups excluding carboxylic acids is 4. The number of rotatable bonds is 8. The fraction of sp³-hybridized carbons (Fsp3) is 0.333. The first-order chi connectivity index (χ1) is 24.4. The predicted molar refractivity (Wildman–Crippen MR) is 208 cm³/mol. The maximum Gasteiger partial charge on any atom is 0.158 e. The highest BCUT2D eigenvalue weighted by molar-refractivity contribution is 7.17. The lowest BCUT2D eigenvalue weighted by Gasteiger charge is -2.33. The summed E-state index contributed by atoms with van der Waals surface area (Å²) in [6.07, 6.45) is 4.51. The minimum atomic E-state index is -0.353.